The van der Waals surface area contributed by atoms with E-state index in [-0.39, 0.29) is 0 Å². The molecule has 0 spiro atoms. The third kappa shape index (κ3) is 6.11. The fourth-order valence-electron chi connectivity index (χ4n) is 3.34. The Morgan fingerprint density at radius 1 is 1.33 bits per heavy atom. The number of rotatable bonds is 9. The van der Waals surface area contributed by atoms with Crippen molar-refractivity contribution in [2.75, 3.05) is 26.8 Å². The van der Waals surface area contributed by atoms with Crippen LogP contribution in [0.1, 0.15) is 51.2 Å². The summed E-state index contributed by atoms with van der Waals surface area (Å²) in [6, 6.07) is 7.95. The van der Waals surface area contributed by atoms with Crippen molar-refractivity contribution in [1.82, 2.24) is 25.4 Å². The second-order valence-electron chi connectivity index (χ2n) is 7.74. The molecular weight excluding hydrogens is 380 g/mol. The van der Waals surface area contributed by atoms with Crippen molar-refractivity contribution >= 4 is 5.96 Å². The van der Waals surface area contributed by atoms with Gasteiger partial charge in [0, 0.05) is 44.0 Å². The first-order valence-corrected chi connectivity index (χ1v) is 10.8. The van der Waals surface area contributed by atoms with Crippen LogP contribution in [0, 0.1) is 0 Å². The third-order valence-electron chi connectivity index (χ3n) is 4.96. The highest BCUT2D eigenvalue weighted by molar-refractivity contribution is 5.80. The van der Waals surface area contributed by atoms with Gasteiger partial charge in [0.15, 0.2) is 11.8 Å². The summed E-state index contributed by atoms with van der Waals surface area (Å²) in [6.45, 7) is 9.28. The first kappa shape index (κ1) is 21.9. The van der Waals surface area contributed by atoms with Crippen LogP contribution in [0.15, 0.2) is 29.3 Å². The molecule has 0 saturated carbocycles. The second kappa shape index (κ2) is 10.8. The van der Waals surface area contributed by atoms with E-state index in [1.165, 1.54) is 0 Å². The van der Waals surface area contributed by atoms with Crippen molar-refractivity contribution in [1.29, 1.82) is 0 Å². The van der Waals surface area contributed by atoms with Crippen LogP contribution >= 0.6 is 0 Å². The van der Waals surface area contributed by atoms with E-state index >= 15 is 0 Å². The number of benzene rings is 1. The Labute approximate surface area is 179 Å². The highest BCUT2D eigenvalue weighted by Crippen LogP contribution is 2.19. The maximum atomic E-state index is 5.79. The zero-order valence-corrected chi connectivity index (χ0v) is 18.5. The number of nitrogens with zero attached hydrogens (tertiary/aromatic N) is 4. The van der Waals surface area contributed by atoms with E-state index in [1.54, 1.807) is 7.11 Å². The molecule has 0 saturated heterocycles. The fourth-order valence-corrected chi connectivity index (χ4v) is 3.34. The van der Waals surface area contributed by atoms with Crippen molar-refractivity contribution in [2.45, 2.75) is 58.5 Å². The quantitative estimate of drug-likeness (QED) is 0.373. The Balaban J connectivity index is 1.47. The lowest BCUT2D eigenvalue weighted by atomic mass is 10.1. The van der Waals surface area contributed by atoms with Gasteiger partial charge in [-0.25, -0.2) is 9.67 Å². The summed E-state index contributed by atoms with van der Waals surface area (Å²) in [4.78, 5) is 9.37. The molecule has 2 aromatic rings. The smallest absolute Gasteiger partial charge is 0.191 e. The van der Waals surface area contributed by atoms with Gasteiger partial charge >= 0.3 is 0 Å². The number of hydrogen-bond acceptors (Lipinski definition) is 5. The maximum Gasteiger partial charge on any atom is 0.191 e. The van der Waals surface area contributed by atoms with Crippen molar-refractivity contribution in [3.63, 3.8) is 0 Å². The third-order valence-corrected chi connectivity index (χ3v) is 4.96. The summed E-state index contributed by atoms with van der Waals surface area (Å²) in [5.74, 6) is 4.84. The number of methoxy groups -OCH3 is 1. The molecule has 3 rings (SSSR count). The van der Waals surface area contributed by atoms with Crippen LogP contribution in [-0.2, 0) is 13.0 Å². The van der Waals surface area contributed by atoms with E-state index < -0.39 is 0 Å². The summed E-state index contributed by atoms with van der Waals surface area (Å²) in [5.41, 5.74) is 0. The van der Waals surface area contributed by atoms with Crippen LogP contribution in [-0.4, -0.2) is 53.6 Å². The highest BCUT2D eigenvalue weighted by Gasteiger charge is 2.23. The van der Waals surface area contributed by atoms with Crippen molar-refractivity contribution in [3.05, 3.63) is 35.9 Å². The van der Waals surface area contributed by atoms with Gasteiger partial charge in [0.2, 0.25) is 0 Å². The van der Waals surface area contributed by atoms with Crippen LogP contribution in [0.5, 0.6) is 11.5 Å². The molecule has 0 aliphatic carbocycles. The Morgan fingerprint density at radius 2 is 2.17 bits per heavy atom. The number of fused-ring (bicyclic) bond motifs is 1. The molecule has 164 valence electrons. The lowest BCUT2D eigenvalue weighted by Gasteiger charge is -2.25. The molecule has 2 heterocycles. The van der Waals surface area contributed by atoms with Gasteiger partial charge in [-0.05, 0) is 25.5 Å². The molecule has 2 N–H and O–H groups in total. The van der Waals surface area contributed by atoms with Crippen molar-refractivity contribution in [3.8, 4) is 11.5 Å². The Bertz CT molecular complexity index is 833. The first-order chi connectivity index (χ1) is 14.6. The molecule has 8 heteroatoms. The number of aliphatic imine (C=N–C) groups is 1. The van der Waals surface area contributed by atoms with Crippen molar-refractivity contribution < 1.29 is 9.47 Å². The van der Waals surface area contributed by atoms with E-state index in [0.717, 1.165) is 61.5 Å². The normalized spacial score (nSPS) is 16.3. The zero-order valence-electron chi connectivity index (χ0n) is 18.5. The van der Waals surface area contributed by atoms with Crippen LogP contribution in [0.3, 0.4) is 0 Å². The van der Waals surface area contributed by atoms with Gasteiger partial charge in [0.1, 0.15) is 17.3 Å². The molecule has 30 heavy (non-hydrogen) atoms. The fraction of sp³-hybridized carbons (Fsp3) is 0.591. The second-order valence-corrected chi connectivity index (χ2v) is 7.74. The minimum absolute atomic E-state index is 0.296. The molecular formula is C22H34N6O2. The van der Waals surface area contributed by atoms with Gasteiger partial charge < -0.3 is 20.1 Å². The van der Waals surface area contributed by atoms with Gasteiger partial charge in [-0.2, -0.15) is 5.10 Å². The molecule has 0 amide bonds. The molecule has 1 unspecified atom stereocenters. The van der Waals surface area contributed by atoms with Crippen molar-refractivity contribution in [2.24, 2.45) is 4.99 Å². The first-order valence-electron chi connectivity index (χ1n) is 10.8. The molecule has 0 bridgehead atoms. The van der Waals surface area contributed by atoms with Gasteiger partial charge in [0.05, 0.1) is 20.3 Å². The van der Waals surface area contributed by atoms with E-state index in [0.29, 0.717) is 25.1 Å². The van der Waals surface area contributed by atoms with E-state index in [9.17, 15) is 0 Å². The summed E-state index contributed by atoms with van der Waals surface area (Å²) in [6.07, 6.45) is 2.80. The number of ether oxygens (including phenoxy) is 2. The largest absolute Gasteiger partial charge is 0.497 e. The van der Waals surface area contributed by atoms with Crippen LogP contribution in [0.4, 0.5) is 0 Å². The summed E-state index contributed by atoms with van der Waals surface area (Å²) in [5, 5.41) is 11.6. The number of guanidine groups is 1. The van der Waals surface area contributed by atoms with Crippen LogP contribution < -0.4 is 20.1 Å². The summed E-state index contributed by atoms with van der Waals surface area (Å²) >= 11 is 0. The number of aryl methyl sites for hydroxylation is 1. The number of hydrogen-bond donors (Lipinski definition) is 2. The van der Waals surface area contributed by atoms with Gasteiger partial charge in [-0.3, -0.25) is 4.99 Å². The Kier molecular flexibility index (Phi) is 7.93. The minimum atomic E-state index is 0.296. The monoisotopic (exact) mass is 414 g/mol. The van der Waals surface area contributed by atoms with Gasteiger partial charge in [-0.1, -0.05) is 19.9 Å². The standard InChI is InChI=1S/C22H34N6O2/c1-5-23-22(24-12-7-13-30-19-9-6-8-18(14-19)29-4)25-17-10-11-20-26-21(16(2)3)27-28(20)15-17/h6,8-9,14,16-17H,5,7,10-13,15H2,1-4H3,(H2,23,24,25). The number of nitrogens with one attached hydrogen (secondary N) is 2. The molecule has 1 aliphatic rings. The van der Waals surface area contributed by atoms with Crippen LogP contribution in [0.25, 0.3) is 0 Å². The molecule has 1 aliphatic heterocycles. The summed E-state index contributed by atoms with van der Waals surface area (Å²) in [7, 11) is 1.66. The minimum Gasteiger partial charge on any atom is -0.497 e. The maximum absolute atomic E-state index is 5.79. The molecule has 1 aromatic heterocycles. The predicted octanol–water partition coefficient (Wildman–Crippen LogP) is 2.75. The van der Waals surface area contributed by atoms with E-state index in [1.807, 2.05) is 28.9 Å². The molecule has 0 fully saturated rings. The SMILES string of the molecule is CCNC(=NCCCOc1cccc(OC)c1)NC1CCc2nc(C(C)C)nn2C1. The molecule has 1 atom stereocenters. The number of aromatic nitrogens is 3. The highest BCUT2D eigenvalue weighted by atomic mass is 16.5. The summed E-state index contributed by atoms with van der Waals surface area (Å²) < 4.78 is 13.1. The zero-order chi connectivity index (χ0) is 21.3. The van der Waals surface area contributed by atoms with Gasteiger partial charge in [0.25, 0.3) is 0 Å². The van der Waals surface area contributed by atoms with E-state index in [2.05, 4.69) is 41.5 Å². The Hall–Kier alpha value is -2.77. The lowest BCUT2D eigenvalue weighted by molar-refractivity contribution is 0.310. The predicted molar refractivity (Wildman–Crippen MR) is 118 cm³/mol. The lowest BCUT2D eigenvalue weighted by Crippen LogP contribution is -2.47. The average Bonchev–Trinajstić information content (AvgIpc) is 3.17. The van der Waals surface area contributed by atoms with Gasteiger partial charge in [-0.15, -0.1) is 0 Å². The van der Waals surface area contributed by atoms with Crippen LogP contribution in [0.2, 0.25) is 0 Å². The molecule has 8 nitrogen and oxygen atoms in total. The average molecular weight is 415 g/mol. The Morgan fingerprint density at radius 3 is 2.93 bits per heavy atom. The molecule has 0 radical (unpaired) electrons. The van der Waals surface area contributed by atoms with E-state index in [4.69, 9.17) is 14.5 Å². The molecule has 1 aromatic carbocycles. The topological polar surface area (TPSA) is 85.6 Å².